The molecule has 0 aliphatic rings. The molecule has 0 saturated heterocycles. The van der Waals surface area contributed by atoms with Crippen molar-refractivity contribution in [3.8, 4) is 6.07 Å². The van der Waals surface area contributed by atoms with Crippen LogP contribution in [0.4, 0.5) is 5.69 Å². The fourth-order valence-corrected chi connectivity index (χ4v) is 1.05. The minimum absolute atomic E-state index is 0.151. The van der Waals surface area contributed by atoms with Crippen LogP contribution in [0.25, 0.3) is 0 Å². The molecule has 14 heavy (non-hydrogen) atoms. The molecule has 0 heterocycles. The largest absolute Gasteiger partial charge is 0.398 e. The highest BCUT2D eigenvalue weighted by Gasteiger charge is 2.06. The lowest BCUT2D eigenvalue weighted by Gasteiger charge is -2.01. The lowest BCUT2D eigenvalue weighted by molar-refractivity contribution is 0.0998. The van der Waals surface area contributed by atoms with E-state index < -0.39 is 0 Å². The molecule has 70 valence electrons. The molecule has 3 N–H and O–H groups in total. The highest BCUT2D eigenvalue weighted by Crippen LogP contribution is 2.13. The van der Waals surface area contributed by atoms with Gasteiger partial charge in [-0.2, -0.15) is 5.26 Å². The van der Waals surface area contributed by atoms with Crippen molar-refractivity contribution in [3.05, 3.63) is 29.3 Å². The Hall–Kier alpha value is -2.15. The number of carbonyl (C=O) groups excluding carboxylic acids is 1. The van der Waals surface area contributed by atoms with Gasteiger partial charge in [-0.3, -0.25) is 4.79 Å². The van der Waals surface area contributed by atoms with Crippen molar-refractivity contribution in [3.63, 3.8) is 0 Å². The van der Waals surface area contributed by atoms with Gasteiger partial charge in [0.05, 0.1) is 12.5 Å². The zero-order valence-corrected chi connectivity index (χ0v) is 7.45. The van der Waals surface area contributed by atoms with E-state index in [0.717, 1.165) is 6.21 Å². The van der Waals surface area contributed by atoms with Gasteiger partial charge >= 0.3 is 0 Å². The molecule has 0 spiro atoms. The first-order chi connectivity index (χ1) is 6.69. The zero-order chi connectivity index (χ0) is 10.6. The van der Waals surface area contributed by atoms with Crippen molar-refractivity contribution in [1.82, 2.24) is 0 Å². The van der Waals surface area contributed by atoms with Crippen LogP contribution in [0.3, 0.4) is 0 Å². The van der Waals surface area contributed by atoms with Crippen molar-refractivity contribution >= 4 is 17.7 Å². The van der Waals surface area contributed by atoms with Gasteiger partial charge in [-0.25, -0.2) is 0 Å². The summed E-state index contributed by atoms with van der Waals surface area (Å²) < 4.78 is 0. The van der Waals surface area contributed by atoms with E-state index in [4.69, 9.17) is 16.4 Å². The van der Waals surface area contributed by atoms with Gasteiger partial charge in [-0.15, -0.1) is 0 Å². The van der Waals surface area contributed by atoms with Crippen LogP contribution in [0.15, 0.2) is 18.2 Å². The predicted octanol–water partition coefficient (Wildman–Crippen LogP) is 1.36. The summed E-state index contributed by atoms with van der Waals surface area (Å²) in [6, 6.07) is 6.41. The minimum Gasteiger partial charge on any atom is -0.398 e. The second-order valence-electron chi connectivity index (χ2n) is 2.75. The van der Waals surface area contributed by atoms with Crippen LogP contribution in [0.1, 0.15) is 22.3 Å². The molecule has 4 nitrogen and oxygen atoms in total. The van der Waals surface area contributed by atoms with Gasteiger partial charge < -0.3 is 11.1 Å². The molecule has 0 aromatic heterocycles. The fourth-order valence-electron chi connectivity index (χ4n) is 1.05. The third kappa shape index (κ3) is 1.96. The zero-order valence-electron chi connectivity index (χ0n) is 7.45. The van der Waals surface area contributed by atoms with Crippen LogP contribution in [0.5, 0.6) is 0 Å². The average Bonchev–Trinajstić information content (AvgIpc) is 2.19. The maximum Gasteiger partial charge on any atom is 0.176 e. The molecule has 0 aliphatic carbocycles. The second-order valence-corrected chi connectivity index (χ2v) is 2.75. The molecule has 1 aromatic carbocycles. The summed E-state index contributed by atoms with van der Waals surface area (Å²) in [6.07, 6.45) is 0.930. The van der Waals surface area contributed by atoms with E-state index in [-0.39, 0.29) is 12.2 Å². The molecule has 0 unspecified atom stereocenters. The van der Waals surface area contributed by atoms with Gasteiger partial charge in [0.25, 0.3) is 0 Å². The monoisotopic (exact) mass is 187 g/mol. The summed E-state index contributed by atoms with van der Waals surface area (Å²) in [5.74, 6) is -0.254. The molecule has 0 atom stereocenters. The van der Waals surface area contributed by atoms with Gasteiger partial charge in [-0.1, -0.05) is 0 Å². The molecule has 0 bridgehead atoms. The third-order valence-electron chi connectivity index (χ3n) is 1.80. The Morgan fingerprint density at radius 2 is 2.36 bits per heavy atom. The van der Waals surface area contributed by atoms with E-state index in [1.54, 1.807) is 18.2 Å². The Balaban J connectivity index is 3.07. The van der Waals surface area contributed by atoms with E-state index in [2.05, 4.69) is 0 Å². The molecule has 1 aromatic rings. The predicted molar refractivity (Wildman–Crippen MR) is 53.3 cm³/mol. The second kappa shape index (κ2) is 4.19. The quantitative estimate of drug-likeness (QED) is 0.425. The number of hydrogen-bond acceptors (Lipinski definition) is 4. The van der Waals surface area contributed by atoms with Crippen LogP contribution >= 0.6 is 0 Å². The first-order valence-corrected chi connectivity index (χ1v) is 3.99. The van der Waals surface area contributed by atoms with E-state index in [1.807, 2.05) is 0 Å². The number of anilines is 1. The Bertz CT molecular complexity index is 418. The molecular weight excluding hydrogens is 178 g/mol. The van der Waals surface area contributed by atoms with Crippen molar-refractivity contribution in [2.24, 2.45) is 0 Å². The van der Waals surface area contributed by atoms with E-state index in [0.29, 0.717) is 16.8 Å². The number of hydrogen-bond donors (Lipinski definition) is 2. The van der Waals surface area contributed by atoms with E-state index in [1.165, 1.54) is 6.07 Å². The number of nitrogens with one attached hydrogen (secondary N) is 1. The number of Topliss-reactive ketones (excluding diaryl/α,β-unsaturated/α-hetero) is 1. The van der Waals surface area contributed by atoms with Gasteiger partial charge in [0.15, 0.2) is 5.78 Å². The number of ketones is 1. The number of nitrogens with zero attached hydrogens (tertiary/aromatic N) is 1. The number of carbonyl (C=O) groups is 1. The first kappa shape index (κ1) is 9.93. The summed E-state index contributed by atoms with van der Waals surface area (Å²) in [5.41, 5.74) is 6.91. The van der Waals surface area contributed by atoms with E-state index >= 15 is 0 Å². The van der Waals surface area contributed by atoms with Crippen molar-refractivity contribution in [1.29, 1.82) is 10.7 Å². The number of nitrogens with two attached hydrogens (primary N) is 1. The lowest BCUT2D eigenvalue weighted by Crippen LogP contribution is -2.00. The number of nitriles is 1. The summed E-state index contributed by atoms with van der Waals surface area (Å²) >= 11 is 0. The maximum absolute atomic E-state index is 11.3. The summed E-state index contributed by atoms with van der Waals surface area (Å²) in [5, 5.41) is 15.4. The van der Waals surface area contributed by atoms with Crippen LogP contribution in [-0.2, 0) is 0 Å². The van der Waals surface area contributed by atoms with Gasteiger partial charge in [0.2, 0.25) is 0 Å². The molecule has 0 fully saturated rings. The smallest absolute Gasteiger partial charge is 0.176 e. The van der Waals surface area contributed by atoms with Crippen molar-refractivity contribution < 1.29 is 4.79 Å². The first-order valence-electron chi connectivity index (χ1n) is 3.99. The van der Waals surface area contributed by atoms with Crippen LogP contribution in [0, 0.1) is 16.7 Å². The van der Waals surface area contributed by atoms with E-state index in [9.17, 15) is 4.79 Å². The summed E-state index contributed by atoms with van der Waals surface area (Å²) in [7, 11) is 0. The number of nitrogen functional groups attached to an aromatic ring is 1. The normalized spacial score (nSPS) is 9.07. The Labute approximate surface area is 81.5 Å². The minimum atomic E-state index is -0.254. The lowest BCUT2D eigenvalue weighted by atomic mass is 10.0. The molecular formula is C10H9N3O. The Morgan fingerprint density at radius 1 is 1.64 bits per heavy atom. The standard InChI is InChI=1S/C10H9N3O/c11-4-3-10(14)7-1-2-9(13)8(5-7)6-12/h1-2,5-6,12H,3,13H2. The molecule has 0 radical (unpaired) electrons. The van der Waals surface area contributed by atoms with Crippen LogP contribution in [0.2, 0.25) is 0 Å². The molecule has 0 aliphatic heterocycles. The number of rotatable bonds is 3. The number of benzene rings is 1. The topological polar surface area (TPSA) is 90.7 Å². The van der Waals surface area contributed by atoms with Gasteiger partial charge in [0.1, 0.15) is 0 Å². The van der Waals surface area contributed by atoms with Gasteiger partial charge in [-0.05, 0) is 18.2 Å². The van der Waals surface area contributed by atoms with Crippen molar-refractivity contribution in [2.45, 2.75) is 6.42 Å². The third-order valence-corrected chi connectivity index (χ3v) is 1.80. The SMILES string of the molecule is N#CCC(=O)c1ccc(N)c(C=N)c1. The Kier molecular flexibility index (Phi) is 2.97. The highest BCUT2D eigenvalue weighted by molar-refractivity contribution is 5.99. The summed E-state index contributed by atoms with van der Waals surface area (Å²) in [6.45, 7) is 0. The fraction of sp³-hybridized carbons (Fsp3) is 0.100. The summed E-state index contributed by atoms with van der Waals surface area (Å²) in [4.78, 5) is 11.3. The Morgan fingerprint density at radius 3 is 2.93 bits per heavy atom. The van der Waals surface area contributed by atoms with Gasteiger partial charge in [0, 0.05) is 23.0 Å². The molecule has 4 heteroatoms. The van der Waals surface area contributed by atoms with Crippen molar-refractivity contribution in [2.75, 3.05) is 5.73 Å². The average molecular weight is 187 g/mol. The van der Waals surface area contributed by atoms with Crippen LogP contribution < -0.4 is 5.73 Å². The maximum atomic E-state index is 11.3. The highest BCUT2D eigenvalue weighted by atomic mass is 16.1. The molecule has 1 rings (SSSR count). The molecule has 0 amide bonds. The van der Waals surface area contributed by atoms with Crippen LogP contribution in [-0.4, -0.2) is 12.0 Å². The molecule has 0 saturated carbocycles.